The van der Waals surface area contributed by atoms with E-state index in [1.165, 1.54) is 30.0 Å². The van der Waals surface area contributed by atoms with Crippen LogP contribution in [-0.2, 0) is 16.2 Å². The van der Waals surface area contributed by atoms with E-state index in [-0.39, 0.29) is 18.4 Å². The van der Waals surface area contributed by atoms with Crippen molar-refractivity contribution in [3.8, 4) is 0 Å². The molecular formula is C18H20F3NO4S2. The molecule has 0 aromatic heterocycles. The lowest BCUT2D eigenvalue weighted by Gasteiger charge is -2.11. The average molecular weight is 435 g/mol. The maximum Gasteiger partial charge on any atom is 0.416 e. The molecule has 0 radical (unpaired) electrons. The largest absolute Gasteiger partial charge is 0.478 e. The van der Waals surface area contributed by atoms with Crippen LogP contribution < -0.4 is 4.72 Å². The smallest absolute Gasteiger partial charge is 0.416 e. The summed E-state index contributed by atoms with van der Waals surface area (Å²) in [7, 11) is -3.91. The third-order valence-corrected chi connectivity index (χ3v) is 6.48. The molecule has 0 bridgehead atoms. The highest BCUT2D eigenvalue weighted by Crippen LogP contribution is 2.30. The van der Waals surface area contributed by atoms with Crippen LogP contribution in [-0.4, -0.2) is 31.8 Å². The SMILES string of the molecule is Cc1cc(S(=O)(=O)NCCSc2ccc(C(F)(F)F)cc2)cc(C(=O)O)c1C.[HH]. The van der Waals surface area contributed by atoms with E-state index in [0.717, 1.165) is 18.2 Å². The molecule has 2 N–H and O–H groups in total. The molecule has 0 atom stereocenters. The van der Waals surface area contributed by atoms with E-state index in [4.69, 9.17) is 0 Å². The van der Waals surface area contributed by atoms with Crippen molar-refractivity contribution in [2.45, 2.75) is 29.8 Å². The number of hydrogen-bond acceptors (Lipinski definition) is 4. The number of aryl methyl sites for hydroxylation is 1. The molecule has 0 aliphatic carbocycles. The van der Waals surface area contributed by atoms with Gasteiger partial charge in [-0.1, -0.05) is 0 Å². The molecule has 0 aliphatic rings. The molecule has 2 aromatic carbocycles. The van der Waals surface area contributed by atoms with Crippen LogP contribution >= 0.6 is 11.8 Å². The number of halogens is 3. The number of rotatable bonds is 7. The van der Waals surface area contributed by atoms with Crippen molar-refractivity contribution >= 4 is 27.8 Å². The molecule has 2 aromatic rings. The quantitative estimate of drug-likeness (QED) is 0.499. The van der Waals surface area contributed by atoms with Gasteiger partial charge in [0.15, 0.2) is 0 Å². The van der Waals surface area contributed by atoms with Gasteiger partial charge in [-0.15, -0.1) is 11.8 Å². The van der Waals surface area contributed by atoms with Gasteiger partial charge >= 0.3 is 12.1 Å². The normalized spacial score (nSPS) is 12.2. The average Bonchev–Trinajstić information content (AvgIpc) is 2.60. The molecule has 0 unspecified atom stereocenters. The topological polar surface area (TPSA) is 83.5 Å². The van der Waals surface area contributed by atoms with Crippen molar-refractivity contribution in [2.24, 2.45) is 0 Å². The van der Waals surface area contributed by atoms with E-state index >= 15 is 0 Å². The first kappa shape index (κ1) is 22.3. The lowest BCUT2D eigenvalue weighted by molar-refractivity contribution is -0.137. The summed E-state index contributed by atoms with van der Waals surface area (Å²) in [5, 5.41) is 9.20. The molecule has 0 amide bonds. The highest BCUT2D eigenvalue weighted by Gasteiger charge is 2.29. The van der Waals surface area contributed by atoms with Gasteiger partial charge in [-0.25, -0.2) is 17.9 Å². The number of alkyl halides is 3. The minimum Gasteiger partial charge on any atom is -0.478 e. The first-order valence-electron chi connectivity index (χ1n) is 8.06. The summed E-state index contributed by atoms with van der Waals surface area (Å²) in [6.07, 6.45) is -4.40. The molecule has 0 saturated heterocycles. The zero-order valence-corrected chi connectivity index (χ0v) is 16.6. The number of thioether (sulfide) groups is 1. The second kappa shape index (κ2) is 8.54. The third kappa shape index (κ3) is 5.49. The van der Waals surface area contributed by atoms with Gasteiger partial charge in [0.25, 0.3) is 0 Å². The number of benzene rings is 2. The summed E-state index contributed by atoms with van der Waals surface area (Å²) < 4.78 is 64.8. The summed E-state index contributed by atoms with van der Waals surface area (Å²) in [5.41, 5.74) is 0.199. The Kier molecular flexibility index (Phi) is 6.79. The van der Waals surface area contributed by atoms with Gasteiger partial charge in [-0.05, 0) is 61.4 Å². The van der Waals surface area contributed by atoms with Crippen molar-refractivity contribution in [3.63, 3.8) is 0 Å². The van der Waals surface area contributed by atoms with Crippen LogP contribution in [0.1, 0.15) is 28.5 Å². The van der Waals surface area contributed by atoms with Crippen LogP contribution in [0, 0.1) is 13.8 Å². The zero-order valence-electron chi connectivity index (χ0n) is 15.0. The van der Waals surface area contributed by atoms with E-state index in [9.17, 15) is 31.5 Å². The predicted octanol–water partition coefficient (Wildman–Crippen LogP) is 4.34. The van der Waals surface area contributed by atoms with Crippen LogP contribution in [0.25, 0.3) is 0 Å². The molecule has 5 nitrogen and oxygen atoms in total. The summed E-state index contributed by atoms with van der Waals surface area (Å²) >= 11 is 1.20. The van der Waals surface area contributed by atoms with E-state index < -0.39 is 27.7 Å². The van der Waals surface area contributed by atoms with Crippen LogP contribution in [0.2, 0.25) is 0 Å². The molecule has 0 heterocycles. The van der Waals surface area contributed by atoms with Crippen LogP contribution in [0.3, 0.4) is 0 Å². The Morgan fingerprint density at radius 1 is 1.18 bits per heavy atom. The van der Waals surface area contributed by atoms with Gasteiger partial charge in [0.2, 0.25) is 10.0 Å². The number of sulfonamides is 1. The molecule has 0 aliphatic heterocycles. The molecule has 10 heteroatoms. The molecule has 0 spiro atoms. The Hall–Kier alpha value is -2.04. The maximum atomic E-state index is 12.5. The van der Waals surface area contributed by atoms with E-state index in [1.54, 1.807) is 13.8 Å². The molecule has 2 rings (SSSR count). The molecular weight excluding hydrogens is 415 g/mol. The van der Waals surface area contributed by atoms with Crippen molar-refractivity contribution in [1.29, 1.82) is 0 Å². The van der Waals surface area contributed by atoms with Crippen LogP contribution in [0.15, 0.2) is 46.2 Å². The Morgan fingerprint density at radius 3 is 2.32 bits per heavy atom. The van der Waals surface area contributed by atoms with Crippen molar-refractivity contribution in [1.82, 2.24) is 4.72 Å². The Labute approximate surface area is 166 Å². The fourth-order valence-corrected chi connectivity index (χ4v) is 4.41. The number of nitrogens with one attached hydrogen (secondary N) is 1. The third-order valence-electron chi connectivity index (χ3n) is 4.03. The Bertz CT molecular complexity index is 978. The van der Waals surface area contributed by atoms with Crippen molar-refractivity contribution < 1.29 is 32.9 Å². The molecule has 0 saturated carbocycles. The lowest BCUT2D eigenvalue weighted by Crippen LogP contribution is -2.26. The summed E-state index contributed by atoms with van der Waals surface area (Å²) in [5.74, 6) is -0.920. The standard InChI is InChI=1S/C18H18F3NO4S2.H2/c1-11-9-15(10-16(12(11)2)17(23)24)28(25,26)22-7-8-27-14-5-3-13(4-6-14)18(19,20)21;/h3-6,9-10,22H,7-8H2,1-2H3,(H,23,24);1H. The molecule has 28 heavy (non-hydrogen) atoms. The van der Waals surface area contributed by atoms with Gasteiger partial charge < -0.3 is 5.11 Å². The van der Waals surface area contributed by atoms with E-state index in [0.29, 0.717) is 21.8 Å². The van der Waals surface area contributed by atoms with Crippen LogP contribution in [0.5, 0.6) is 0 Å². The first-order chi connectivity index (χ1) is 12.9. The minimum absolute atomic E-state index is 0. The Morgan fingerprint density at radius 2 is 1.79 bits per heavy atom. The number of carboxylic acid groups (broad SMARTS) is 1. The fourth-order valence-electron chi connectivity index (χ4n) is 2.37. The van der Waals surface area contributed by atoms with Gasteiger partial charge in [-0.2, -0.15) is 13.2 Å². The highest BCUT2D eigenvalue weighted by molar-refractivity contribution is 7.99. The van der Waals surface area contributed by atoms with Crippen LogP contribution in [0.4, 0.5) is 13.2 Å². The fraction of sp³-hybridized carbons (Fsp3) is 0.278. The second-order valence-electron chi connectivity index (χ2n) is 5.99. The van der Waals surface area contributed by atoms with Gasteiger partial charge in [0, 0.05) is 18.6 Å². The monoisotopic (exact) mass is 435 g/mol. The van der Waals surface area contributed by atoms with Crippen molar-refractivity contribution in [2.75, 3.05) is 12.3 Å². The second-order valence-corrected chi connectivity index (χ2v) is 8.92. The Balaban J connectivity index is 0.00000420. The summed E-state index contributed by atoms with van der Waals surface area (Å²) in [4.78, 5) is 11.7. The molecule has 0 fully saturated rings. The zero-order chi connectivity index (χ0) is 21.1. The van der Waals surface area contributed by atoms with Gasteiger partial charge in [0.05, 0.1) is 16.0 Å². The van der Waals surface area contributed by atoms with Gasteiger partial charge in [0.1, 0.15) is 0 Å². The van der Waals surface area contributed by atoms with E-state index in [2.05, 4.69) is 4.72 Å². The number of aromatic carboxylic acids is 1. The first-order valence-corrected chi connectivity index (χ1v) is 10.5. The van der Waals surface area contributed by atoms with Gasteiger partial charge in [-0.3, -0.25) is 0 Å². The highest BCUT2D eigenvalue weighted by atomic mass is 32.2. The van der Waals surface area contributed by atoms with Crippen molar-refractivity contribution in [3.05, 3.63) is 58.7 Å². The maximum absolute atomic E-state index is 12.5. The molecule has 154 valence electrons. The minimum atomic E-state index is -4.40. The number of hydrogen-bond donors (Lipinski definition) is 2. The number of carbonyl (C=O) groups is 1. The lowest BCUT2D eigenvalue weighted by atomic mass is 10.0. The summed E-state index contributed by atoms with van der Waals surface area (Å²) in [6, 6.07) is 7.09. The van der Waals surface area contributed by atoms with E-state index in [1.807, 2.05) is 0 Å². The predicted molar refractivity (Wildman–Crippen MR) is 102 cm³/mol. The number of carboxylic acids is 1. The summed E-state index contributed by atoms with van der Waals surface area (Å²) in [6.45, 7) is 3.26.